The normalized spacial score (nSPS) is 21.4. The van der Waals surface area contributed by atoms with Gasteiger partial charge in [-0.15, -0.1) is 0 Å². The molecule has 1 rings (SSSR count). The molecule has 0 radical (unpaired) electrons. The second-order valence-electron chi connectivity index (χ2n) is 4.45. The maximum Gasteiger partial charge on any atom is 0.146 e. The van der Waals surface area contributed by atoms with E-state index >= 15 is 0 Å². The van der Waals surface area contributed by atoms with E-state index in [-0.39, 0.29) is 5.60 Å². The second-order valence-corrected chi connectivity index (χ2v) is 4.86. The molecule has 84 valence electrons. The van der Waals surface area contributed by atoms with Gasteiger partial charge in [0.2, 0.25) is 0 Å². The zero-order chi connectivity index (χ0) is 10.4. The fourth-order valence-corrected chi connectivity index (χ4v) is 1.44. The van der Waals surface area contributed by atoms with E-state index in [1.165, 1.54) is 6.42 Å². The molecule has 1 aliphatic heterocycles. The Bertz CT molecular complexity index is 157. The molecule has 0 bridgehead atoms. The van der Waals surface area contributed by atoms with Crippen LogP contribution in [0.1, 0.15) is 33.1 Å². The second kappa shape index (κ2) is 5.85. The summed E-state index contributed by atoms with van der Waals surface area (Å²) in [6.07, 6.45) is 3.83. The summed E-state index contributed by atoms with van der Waals surface area (Å²) < 4.78 is 16.0. The molecule has 0 aromatic carbocycles. The lowest BCUT2D eigenvalue weighted by Crippen LogP contribution is -2.22. The van der Waals surface area contributed by atoms with Gasteiger partial charge in [0.25, 0.3) is 0 Å². The van der Waals surface area contributed by atoms with Crippen LogP contribution >= 0.6 is 0 Å². The van der Waals surface area contributed by atoms with Crippen LogP contribution in [0.4, 0.5) is 0 Å². The van der Waals surface area contributed by atoms with Crippen LogP contribution in [0.5, 0.6) is 0 Å². The maximum absolute atomic E-state index is 5.47. The zero-order valence-corrected chi connectivity index (χ0v) is 11.5. The third-order valence-electron chi connectivity index (χ3n) is 2.58. The summed E-state index contributed by atoms with van der Waals surface area (Å²) in [6, 6.07) is 0. The Morgan fingerprint density at radius 3 is 2.71 bits per heavy atom. The van der Waals surface area contributed by atoms with E-state index in [4.69, 9.17) is 13.9 Å². The van der Waals surface area contributed by atoms with E-state index in [2.05, 4.69) is 13.8 Å². The lowest BCUT2D eigenvalue weighted by Gasteiger charge is -2.23. The van der Waals surface area contributed by atoms with E-state index in [0.29, 0.717) is 6.10 Å². The van der Waals surface area contributed by atoms with Gasteiger partial charge in [0.1, 0.15) is 16.6 Å². The number of epoxide rings is 1. The van der Waals surface area contributed by atoms with Crippen molar-refractivity contribution in [3.63, 3.8) is 0 Å². The smallest absolute Gasteiger partial charge is 0.146 e. The number of hydrogen-bond acceptors (Lipinski definition) is 3. The van der Waals surface area contributed by atoms with Gasteiger partial charge in [-0.25, -0.2) is 0 Å². The van der Waals surface area contributed by atoms with Gasteiger partial charge in [0.05, 0.1) is 13.2 Å². The van der Waals surface area contributed by atoms with Crippen LogP contribution < -0.4 is 0 Å². The molecule has 0 aromatic heterocycles. The molecular weight excluding hydrogens is 196 g/mol. The van der Waals surface area contributed by atoms with E-state index in [1.807, 2.05) is 0 Å². The third kappa shape index (κ3) is 5.75. The van der Waals surface area contributed by atoms with Crippen molar-refractivity contribution in [2.45, 2.75) is 44.8 Å². The van der Waals surface area contributed by atoms with Gasteiger partial charge in [-0.2, -0.15) is 0 Å². The van der Waals surface area contributed by atoms with Gasteiger partial charge in [-0.05, 0) is 33.1 Å². The monoisotopic (exact) mass is 218 g/mol. The van der Waals surface area contributed by atoms with Crippen LogP contribution in [0, 0.1) is 0 Å². The predicted octanol–water partition coefficient (Wildman–Crippen LogP) is 0.648. The topological polar surface area (TPSA) is 31.0 Å². The number of rotatable bonds is 8. The first-order chi connectivity index (χ1) is 6.64. The fourth-order valence-electron chi connectivity index (χ4n) is 1.24. The predicted molar refractivity (Wildman–Crippen MR) is 59.5 cm³/mol. The first-order valence-electron chi connectivity index (χ1n) is 5.38. The van der Waals surface area contributed by atoms with Gasteiger partial charge in [0.15, 0.2) is 0 Å². The van der Waals surface area contributed by atoms with E-state index < -0.39 is 0 Å². The average molecular weight is 218 g/mol. The highest BCUT2D eigenvalue weighted by Crippen LogP contribution is 2.16. The van der Waals surface area contributed by atoms with Crippen molar-refractivity contribution >= 4 is 10.5 Å². The molecule has 0 saturated carbocycles. The Morgan fingerprint density at radius 1 is 1.43 bits per heavy atom. The first-order valence-corrected chi connectivity index (χ1v) is 6.20. The highest BCUT2D eigenvalue weighted by atomic mass is 28.2. The zero-order valence-electron chi connectivity index (χ0n) is 9.54. The molecule has 1 fully saturated rings. The highest BCUT2D eigenvalue weighted by molar-refractivity contribution is 5.98. The Balaban J connectivity index is 1.83. The Labute approximate surface area is 89.7 Å². The minimum atomic E-state index is 0.0752. The van der Waals surface area contributed by atoms with Crippen molar-refractivity contribution in [3.8, 4) is 0 Å². The minimum absolute atomic E-state index is 0.0752. The van der Waals surface area contributed by atoms with Gasteiger partial charge in [-0.1, -0.05) is 0 Å². The number of unbranched alkanes of at least 4 members (excludes halogenated alkanes) is 1. The third-order valence-corrected chi connectivity index (χ3v) is 3.68. The largest absolute Gasteiger partial charge is 0.423 e. The molecular formula is C10H22O3Si. The Morgan fingerprint density at radius 2 is 2.14 bits per heavy atom. The summed E-state index contributed by atoms with van der Waals surface area (Å²) in [7, 11) is 0.825. The van der Waals surface area contributed by atoms with Crippen molar-refractivity contribution in [2.75, 3.05) is 19.8 Å². The van der Waals surface area contributed by atoms with Crippen LogP contribution in [-0.4, -0.2) is 42.0 Å². The lowest BCUT2D eigenvalue weighted by molar-refractivity contribution is 0.0909. The Hall–Kier alpha value is 0.0969. The quantitative estimate of drug-likeness (QED) is 0.340. The van der Waals surface area contributed by atoms with Crippen LogP contribution in [0.2, 0.25) is 0 Å². The molecule has 14 heavy (non-hydrogen) atoms. The lowest BCUT2D eigenvalue weighted by atomic mass is 10.0. The van der Waals surface area contributed by atoms with E-state index in [9.17, 15) is 0 Å². The fraction of sp³-hybridized carbons (Fsp3) is 1.00. The van der Waals surface area contributed by atoms with E-state index in [0.717, 1.165) is 43.1 Å². The summed E-state index contributed by atoms with van der Waals surface area (Å²) in [5, 5.41) is 0. The molecule has 0 aromatic rings. The average Bonchev–Trinajstić information content (AvgIpc) is 2.95. The van der Waals surface area contributed by atoms with Crippen LogP contribution in [0.3, 0.4) is 0 Å². The molecule has 0 aliphatic carbocycles. The molecule has 1 aliphatic rings. The van der Waals surface area contributed by atoms with Gasteiger partial charge in [0, 0.05) is 12.2 Å². The highest BCUT2D eigenvalue weighted by Gasteiger charge is 2.22. The van der Waals surface area contributed by atoms with Crippen molar-refractivity contribution in [2.24, 2.45) is 0 Å². The van der Waals surface area contributed by atoms with Crippen molar-refractivity contribution in [1.82, 2.24) is 0 Å². The first kappa shape index (κ1) is 12.2. The van der Waals surface area contributed by atoms with Crippen LogP contribution in [0.15, 0.2) is 0 Å². The van der Waals surface area contributed by atoms with Gasteiger partial charge < -0.3 is 13.9 Å². The maximum atomic E-state index is 5.47. The molecule has 1 unspecified atom stereocenters. The Kier molecular flexibility index (Phi) is 5.09. The van der Waals surface area contributed by atoms with E-state index in [1.54, 1.807) is 0 Å². The molecule has 1 saturated heterocycles. The van der Waals surface area contributed by atoms with Gasteiger partial charge >= 0.3 is 0 Å². The van der Waals surface area contributed by atoms with Crippen molar-refractivity contribution < 1.29 is 13.9 Å². The molecule has 1 atom stereocenters. The summed E-state index contributed by atoms with van der Waals surface area (Å²) in [5.41, 5.74) is 0.0752. The SMILES string of the molecule is CC(C)(CCCCOCC1CO1)O[SiH3]. The molecule has 0 amide bonds. The summed E-state index contributed by atoms with van der Waals surface area (Å²) in [4.78, 5) is 0. The molecule has 4 heteroatoms. The van der Waals surface area contributed by atoms with Crippen LogP contribution in [-0.2, 0) is 13.9 Å². The summed E-state index contributed by atoms with van der Waals surface area (Å²) in [6.45, 7) is 6.83. The summed E-state index contributed by atoms with van der Waals surface area (Å²) in [5.74, 6) is 0. The number of ether oxygens (including phenoxy) is 2. The molecule has 3 nitrogen and oxygen atoms in total. The standard InChI is InChI=1S/C10H22O3Si/c1-10(2,13-14)5-3-4-6-11-7-9-8-12-9/h9H,3-8H2,1-2,14H3. The minimum Gasteiger partial charge on any atom is -0.423 e. The van der Waals surface area contributed by atoms with Crippen molar-refractivity contribution in [1.29, 1.82) is 0 Å². The summed E-state index contributed by atoms with van der Waals surface area (Å²) >= 11 is 0. The van der Waals surface area contributed by atoms with Crippen LogP contribution in [0.25, 0.3) is 0 Å². The number of hydrogen-bond donors (Lipinski definition) is 0. The molecule has 1 heterocycles. The molecule has 0 spiro atoms. The van der Waals surface area contributed by atoms with Crippen molar-refractivity contribution in [3.05, 3.63) is 0 Å². The van der Waals surface area contributed by atoms with Gasteiger partial charge in [-0.3, -0.25) is 0 Å². The molecule has 0 N–H and O–H groups in total.